The van der Waals surface area contributed by atoms with Gasteiger partial charge >= 0.3 is 11.9 Å². The second kappa shape index (κ2) is 7.22. The van der Waals surface area contributed by atoms with E-state index in [0.29, 0.717) is 6.42 Å². The molecule has 0 aliphatic carbocycles. The Morgan fingerprint density at radius 3 is 2.47 bits per heavy atom. The van der Waals surface area contributed by atoms with Gasteiger partial charge in [0.25, 0.3) is 0 Å². The molecule has 0 aliphatic heterocycles. The van der Waals surface area contributed by atoms with Crippen LogP contribution in [0.15, 0.2) is 18.2 Å². The molecule has 0 amide bonds. The van der Waals surface area contributed by atoms with E-state index in [2.05, 4.69) is 18.8 Å². The van der Waals surface area contributed by atoms with Gasteiger partial charge in [-0.3, -0.25) is 0 Å². The van der Waals surface area contributed by atoms with E-state index in [1.165, 1.54) is 18.2 Å². The molecule has 0 spiro atoms. The number of hydrogen-bond donors (Lipinski definition) is 2. The highest BCUT2D eigenvalue weighted by Gasteiger charge is 2.18. The summed E-state index contributed by atoms with van der Waals surface area (Å²) in [5.41, 5.74) is -0.213. The Morgan fingerprint density at radius 2 is 1.89 bits per heavy atom. The first-order chi connectivity index (χ1) is 9.07. The average molecular weight is 260 g/mol. The molecule has 1 rings (SSSR count). The molecular formula is C15H16O4. The SMILES string of the molecule is CCCCCC#Cc1cccc(C(=O)O)c1C(=O)O. The molecule has 0 unspecified atom stereocenters. The van der Waals surface area contributed by atoms with E-state index in [-0.39, 0.29) is 16.7 Å². The molecule has 0 heterocycles. The molecule has 0 atom stereocenters. The van der Waals surface area contributed by atoms with Crippen molar-refractivity contribution in [3.05, 3.63) is 34.9 Å². The summed E-state index contributed by atoms with van der Waals surface area (Å²) >= 11 is 0. The van der Waals surface area contributed by atoms with Gasteiger partial charge in [-0.2, -0.15) is 0 Å². The second-order valence-corrected chi connectivity index (χ2v) is 4.10. The van der Waals surface area contributed by atoms with Gasteiger partial charge in [-0.15, -0.1) is 0 Å². The standard InChI is InChI=1S/C15H16O4/c1-2-3-4-5-6-8-11-9-7-10-12(14(16)17)13(11)15(18)19/h7,9-10H,2-5H2,1H3,(H,16,17)(H,18,19). The molecule has 0 fully saturated rings. The third kappa shape index (κ3) is 4.14. The molecule has 0 saturated heterocycles. The highest BCUT2D eigenvalue weighted by atomic mass is 16.4. The maximum absolute atomic E-state index is 11.2. The molecule has 0 bridgehead atoms. The highest BCUT2D eigenvalue weighted by molar-refractivity contribution is 6.03. The molecular weight excluding hydrogens is 244 g/mol. The molecule has 0 radical (unpaired) electrons. The fraction of sp³-hybridized carbons (Fsp3) is 0.333. The van der Waals surface area contributed by atoms with Gasteiger partial charge in [0.1, 0.15) is 0 Å². The molecule has 19 heavy (non-hydrogen) atoms. The van der Waals surface area contributed by atoms with Crippen molar-refractivity contribution in [1.29, 1.82) is 0 Å². The Labute approximate surface area is 112 Å². The first-order valence-electron chi connectivity index (χ1n) is 6.16. The number of unbranched alkanes of at least 4 members (excludes halogenated alkanes) is 3. The molecule has 0 saturated carbocycles. The maximum Gasteiger partial charge on any atom is 0.337 e. The molecule has 4 nitrogen and oxygen atoms in total. The van der Waals surface area contributed by atoms with Crippen molar-refractivity contribution in [3.63, 3.8) is 0 Å². The average Bonchev–Trinajstić information content (AvgIpc) is 2.37. The largest absolute Gasteiger partial charge is 0.478 e. The van der Waals surface area contributed by atoms with Gasteiger partial charge in [0.15, 0.2) is 0 Å². The molecule has 0 aromatic heterocycles. The zero-order valence-corrected chi connectivity index (χ0v) is 10.8. The number of carbonyl (C=O) groups is 2. The van der Waals surface area contributed by atoms with Crippen LogP contribution in [0.5, 0.6) is 0 Å². The van der Waals surface area contributed by atoms with E-state index < -0.39 is 11.9 Å². The summed E-state index contributed by atoms with van der Waals surface area (Å²) in [5, 5.41) is 18.1. The van der Waals surface area contributed by atoms with Crippen molar-refractivity contribution < 1.29 is 19.8 Å². The Bertz CT molecular complexity index is 535. The number of carboxylic acids is 2. The van der Waals surface area contributed by atoms with Crippen LogP contribution in [0.25, 0.3) is 0 Å². The van der Waals surface area contributed by atoms with E-state index in [1.54, 1.807) is 0 Å². The fourth-order valence-corrected chi connectivity index (χ4v) is 1.69. The van der Waals surface area contributed by atoms with Crippen LogP contribution in [0.2, 0.25) is 0 Å². The summed E-state index contributed by atoms with van der Waals surface area (Å²) in [4.78, 5) is 22.1. The monoisotopic (exact) mass is 260 g/mol. The van der Waals surface area contributed by atoms with Gasteiger partial charge in [0.05, 0.1) is 11.1 Å². The second-order valence-electron chi connectivity index (χ2n) is 4.10. The summed E-state index contributed by atoms with van der Waals surface area (Å²) in [7, 11) is 0. The number of aromatic carboxylic acids is 2. The van der Waals surface area contributed by atoms with Gasteiger partial charge in [-0.25, -0.2) is 9.59 Å². The first kappa shape index (κ1) is 14.8. The summed E-state index contributed by atoms with van der Waals surface area (Å²) in [5.74, 6) is 3.12. The van der Waals surface area contributed by atoms with Crippen LogP contribution in [0.4, 0.5) is 0 Å². The lowest BCUT2D eigenvalue weighted by molar-refractivity contribution is 0.0651. The van der Waals surface area contributed by atoms with Gasteiger partial charge in [0, 0.05) is 12.0 Å². The Balaban J connectivity index is 3.03. The lowest BCUT2D eigenvalue weighted by atomic mass is 10.0. The summed E-state index contributed by atoms with van der Waals surface area (Å²) < 4.78 is 0. The summed E-state index contributed by atoms with van der Waals surface area (Å²) in [6.45, 7) is 2.09. The van der Waals surface area contributed by atoms with Crippen LogP contribution in [0.3, 0.4) is 0 Å². The van der Waals surface area contributed by atoms with E-state index in [1.807, 2.05) is 0 Å². The summed E-state index contributed by atoms with van der Waals surface area (Å²) in [6, 6.07) is 4.31. The minimum Gasteiger partial charge on any atom is -0.478 e. The van der Waals surface area contributed by atoms with Crippen LogP contribution in [-0.2, 0) is 0 Å². The van der Waals surface area contributed by atoms with Gasteiger partial charge in [0.2, 0.25) is 0 Å². The zero-order valence-electron chi connectivity index (χ0n) is 10.8. The predicted octanol–water partition coefficient (Wildman–Crippen LogP) is 3.01. The fourth-order valence-electron chi connectivity index (χ4n) is 1.69. The number of hydrogen-bond acceptors (Lipinski definition) is 2. The van der Waals surface area contributed by atoms with E-state index in [4.69, 9.17) is 10.2 Å². The normalized spacial score (nSPS) is 9.53. The third-order valence-corrected chi connectivity index (χ3v) is 2.64. The van der Waals surface area contributed by atoms with Gasteiger partial charge in [-0.05, 0) is 18.6 Å². The molecule has 100 valence electrons. The van der Waals surface area contributed by atoms with Crippen LogP contribution in [0.1, 0.15) is 58.9 Å². The minimum absolute atomic E-state index is 0.229. The van der Waals surface area contributed by atoms with Crippen molar-refractivity contribution in [2.45, 2.75) is 32.6 Å². The predicted molar refractivity (Wildman–Crippen MR) is 71.4 cm³/mol. The lowest BCUT2D eigenvalue weighted by Gasteiger charge is -2.03. The molecule has 0 aliphatic rings. The number of carboxylic acid groups (broad SMARTS) is 2. The highest BCUT2D eigenvalue weighted by Crippen LogP contribution is 2.14. The first-order valence-corrected chi connectivity index (χ1v) is 6.16. The van der Waals surface area contributed by atoms with E-state index in [0.717, 1.165) is 19.3 Å². The van der Waals surface area contributed by atoms with Crippen LogP contribution < -0.4 is 0 Å². The third-order valence-electron chi connectivity index (χ3n) is 2.64. The van der Waals surface area contributed by atoms with Crippen molar-refractivity contribution in [2.24, 2.45) is 0 Å². The van der Waals surface area contributed by atoms with Crippen LogP contribution in [0, 0.1) is 11.8 Å². The van der Waals surface area contributed by atoms with Crippen molar-refractivity contribution in [1.82, 2.24) is 0 Å². The van der Waals surface area contributed by atoms with Crippen molar-refractivity contribution >= 4 is 11.9 Å². The van der Waals surface area contributed by atoms with E-state index >= 15 is 0 Å². The minimum atomic E-state index is -1.27. The van der Waals surface area contributed by atoms with Gasteiger partial charge in [-0.1, -0.05) is 37.7 Å². The zero-order chi connectivity index (χ0) is 14.3. The van der Waals surface area contributed by atoms with Crippen LogP contribution >= 0.6 is 0 Å². The summed E-state index contributed by atoms with van der Waals surface area (Å²) in [6.07, 6.45) is 3.82. The number of rotatable bonds is 5. The van der Waals surface area contributed by atoms with Crippen molar-refractivity contribution in [3.8, 4) is 11.8 Å². The molecule has 4 heteroatoms. The van der Waals surface area contributed by atoms with Crippen molar-refractivity contribution in [2.75, 3.05) is 0 Å². The van der Waals surface area contributed by atoms with Crippen LogP contribution in [-0.4, -0.2) is 22.2 Å². The Morgan fingerprint density at radius 1 is 1.16 bits per heavy atom. The molecule has 1 aromatic carbocycles. The topological polar surface area (TPSA) is 74.6 Å². The smallest absolute Gasteiger partial charge is 0.337 e. The quantitative estimate of drug-likeness (QED) is 0.630. The lowest BCUT2D eigenvalue weighted by Crippen LogP contribution is -2.10. The Kier molecular flexibility index (Phi) is 5.62. The molecule has 1 aromatic rings. The molecule has 2 N–H and O–H groups in total. The van der Waals surface area contributed by atoms with Gasteiger partial charge < -0.3 is 10.2 Å². The van der Waals surface area contributed by atoms with E-state index in [9.17, 15) is 9.59 Å². The maximum atomic E-state index is 11.2. The number of benzene rings is 1. The Hall–Kier alpha value is -2.28.